The smallest absolute Gasteiger partial charge is 0.260 e. The molecule has 1 saturated heterocycles. The number of hydrogen-bond donors (Lipinski definition) is 0. The first-order chi connectivity index (χ1) is 13.7. The number of aryl methyl sites for hydroxylation is 2. The van der Waals surface area contributed by atoms with E-state index < -0.39 is 0 Å². The summed E-state index contributed by atoms with van der Waals surface area (Å²) in [4.78, 5) is 23.1. The molecule has 1 amide bonds. The van der Waals surface area contributed by atoms with E-state index in [-0.39, 0.29) is 12.5 Å². The van der Waals surface area contributed by atoms with Crippen LogP contribution in [0.3, 0.4) is 0 Å². The Kier molecular flexibility index (Phi) is 5.25. The molecule has 0 unspecified atom stereocenters. The Bertz CT molecular complexity index is 992. The van der Waals surface area contributed by atoms with Gasteiger partial charge in [0.2, 0.25) is 0 Å². The molecule has 0 saturated carbocycles. The van der Waals surface area contributed by atoms with Gasteiger partial charge < -0.3 is 18.9 Å². The molecule has 0 bridgehead atoms. The lowest BCUT2D eigenvalue weighted by Gasteiger charge is -2.26. The second-order valence-electron chi connectivity index (χ2n) is 6.85. The summed E-state index contributed by atoms with van der Waals surface area (Å²) in [6, 6.07) is 7.85. The van der Waals surface area contributed by atoms with Gasteiger partial charge in [-0.15, -0.1) is 0 Å². The summed E-state index contributed by atoms with van der Waals surface area (Å²) in [6.07, 6.45) is 3.64. The van der Waals surface area contributed by atoms with E-state index in [4.69, 9.17) is 14.5 Å². The standard InChI is InChI=1S/C21H24N4O3/c1-3-24-14-22-12-20(24)19-10-15(2)17-5-4-16(11-18(17)23-19)28-13-21(26)25-6-8-27-9-7-25/h4-5,10-12,14H,3,6-9,13H2,1-2H3. The highest BCUT2D eigenvalue weighted by Crippen LogP contribution is 2.27. The fourth-order valence-electron chi connectivity index (χ4n) is 3.44. The van der Waals surface area contributed by atoms with Crippen molar-refractivity contribution >= 4 is 16.8 Å². The summed E-state index contributed by atoms with van der Waals surface area (Å²) < 4.78 is 13.1. The van der Waals surface area contributed by atoms with Crippen molar-refractivity contribution < 1.29 is 14.3 Å². The predicted molar refractivity (Wildman–Crippen MR) is 106 cm³/mol. The largest absolute Gasteiger partial charge is 0.484 e. The van der Waals surface area contributed by atoms with Crippen molar-refractivity contribution in [1.82, 2.24) is 19.4 Å². The molecule has 4 rings (SSSR count). The Morgan fingerprint density at radius 3 is 2.86 bits per heavy atom. The molecule has 2 aromatic heterocycles. The van der Waals surface area contributed by atoms with Crippen LogP contribution in [0.2, 0.25) is 0 Å². The van der Waals surface area contributed by atoms with E-state index >= 15 is 0 Å². The predicted octanol–water partition coefficient (Wildman–Crippen LogP) is 2.66. The first kappa shape index (κ1) is 18.4. The van der Waals surface area contributed by atoms with Gasteiger partial charge in [0.1, 0.15) is 5.75 Å². The van der Waals surface area contributed by atoms with Crippen LogP contribution in [0.25, 0.3) is 22.3 Å². The number of imidazole rings is 1. The van der Waals surface area contributed by atoms with Gasteiger partial charge in [0.15, 0.2) is 6.61 Å². The van der Waals surface area contributed by atoms with Gasteiger partial charge in [0, 0.05) is 31.1 Å². The molecule has 0 radical (unpaired) electrons. The average molecular weight is 380 g/mol. The van der Waals surface area contributed by atoms with Crippen LogP contribution < -0.4 is 4.74 Å². The lowest BCUT2D eigenvalue weighted by molar-refractivity contribution is -0.137. The number of ether oxygens (including phenoxy) is 2. The molecule has 1 aromatic carbocycles. The zero-order valence-electron chi connectivity index (χ0n) is 16.2. The SMILES string of the molecule is CCn1cncc1-c1cc(C)c2ccc(OCC(=O)N3CCOCC3)cc2n1. The molecular weight excluding hydrogens is 356 g/mol. The number of morpholine rings is 1. The molecule has 1 aliphatic rings. The second kappa shape index (κ2) is 7.98. The number of fused-ring (bicyclic) bond motifs is 1. The van der Waals surface area contributed by atoms with E-state index in [2.05, 4.69) is 29.5 Å². The van der Waals surface area contributed by atoms with Crippen LogP contribution >= 0.6 is 0 Å². The van der Waals surface area contributed by atoms with Gasteiger partial charge in [0.05, 0.1) is 42.6 Å². The lowest BCUT2D eigenvalue weighted by atomic mass is 10.1. The number of rotatable bonds is 5. The maximum absolute atomic E-state index is 12.3. The van der Waals surface area contributed by atoms with Gasteiger partial charge in [-0.1, -0.05) is 0 Å². The van der Waals surface area contributed by atoms with Crippen molar-refractivity contribution in [3.8, 4) is 17.1 Å². The van der Waals surface area contributed by atoms with E-state index in [1.54, 1.807) is 4.90 Å². The zero-order valence-corrected chi connectivity index (χ0v) is 16.2. The van der Waals surface area contributed by atoms with Crippen molar-refractivity contribution in [3.05, 3.63) is 42.4 Å². The van der Waals surface area contributed by atoms with Crippen molar-refractivity contribution in [2.45, 2.75) is 20.4 Å². The van der Waals surface area contributed by atoms with Crippen LogP contribution in [-0.4, -0.2) is 58.3 Å². The highest BCUT2D eigenvalue weighted by molar-refractivity contribution is 5.86. The summed E-state index contributed by atoms with van der Waals surface area (Å²) in [5.74, 6) is 0.621. The average Bonchev–Trinajstić information content (AvgIpc) is 3.21. The fourth-order valence-corrected chi connectivity index (χ4v) is 3.44. The van der Waals surface area contributed by atoms with E-state index in [1.165, 1.54) is 0 Å². The van der Waals surface area contributed by atoms with Crippen molar-refractivity contribution in [1.29, 1.82) is 0 Å². The van der Waals surface area contributed by atoms with Gasteiger partial charge >= 0.3 is 0 Å². The van der Waals surface area contributed by atoms with Gasteiger partial charge in [-0.25, -0.2) is 9.97 Å². The van der Waals surface area contributed by atoms with Crippen molar-refractivity contribution in [3.63, 3.8) is 0 Å². The number of hydrogen-bond acceptors (Lipinski definition) is 5. The van der Waals surface area contributed by atoms with Gasteiger partial charge in [-0.2, -0.15) is 0 Å². The van der Waals surface area contributed by atoms with Gasteiger partial charge in [-0.05, 0) is 37.6 Å². The van der Waals surface area contributed by atoms with Crippen LogP contribution in [0.4, 0.5) is 0 Å². The molecular formula is C21H24N4O3. The summed E-state index contributed by atoms with van der Waals surface area (Å²) >= 11 is 0. The Morgan fingerprint density at radius 1 is 1.25 bits per heavy atom. The topological polar surface area (TPSA) is 69.5 Å². The Hall–Kier alpha value is -2.93. The van der Waals surface area contributed by atoms with Gasteiger partial charge in [-0.3, -0.25) is 4.79 Å². The van der Waals surface area contributed by atoms with E-state index in [9.17, 15) is 4.79 Å². The maximum atomic E-state index is 12.3. The van der Waals surface area contributed by atoms with Crippen LogP contribution in [0.15, 0.2) is 36.8 Å². The number of carbonyl (C=O) groups excluding carboxylic acids is 1. The molecule has 28 heavy (non-hydrogen) atoms. The number of carbonyl (C=O) groups is 1. The quantitative estimate of drug-likeness (QED) is 0.681. The third-order valence-electron chi connectivity index (χ3n) is 5.03. The third-order valence-corrected chi connectivity index (χ3v) is 5.03. The van der Waals surface area contributed by atoms with Crippen molar-refractivity contribution in [2.75, 3.05) is 32.9 Å². The Labute approximate surface area is 163 Å². The normalized spacial score (nSPS) is 14.4. The minimum absolute atomic E-state index is 0.0202. The lowest BCUT2D eigenvalue weighted by Crippen LogP contribution is -2.42. The molecule has 146 valence electrons. The molecule has 0 aliphatic carbocycles. The third kappa shape index (κ3) is 3.71. The molecule has 3 heterocycles. The highest BCUT2D eigenvalue weighted by atomic mass is 16.5. The second-order valence-corrected chi connectivity index (χ2v) is 6.85. The van der Waals surface area contributed by atoms with Crippen LogP contribution in [0, 0.1) is 6.92 Å². The van der Waals surface area contributed by atoms with E-state index in [1.807, 2.05) is 30.7 Å². The summed E-state index contributed by atoms with van der Waals surface area (Å²) in [6.45, 7) is 7.42. The van der Waals surface area contributed by atoms with E-state index in [0.717, 1.165) is 34.4 Å². The maximum Gasteiger partial charge on any atom is 0.260 e. The summed E-state index contributed by atoms with van der Waals surface area (Å²) in [5, 5.41) is 1.07. The zero-order chi connectivity index (χ0) is 19.5. The first-order valence-corrected chi connectivity index (χ1v) is 9.56. The van der Waals surface area contributed by atoms with Crippen molar-refractivity contribution in [2.24, 2.45) is 0 Å². The highest BCUT2D eigenvalue weighted by Gasteiger charge is 2.17. The number of nitrogens with zero attached hydrogens (tertiary/aromatic N) is 4. The number of amides is 1. The molecule has 0 N–H and O–H groups in total. The Balaban J connectivity index is 1.56. The van der Waals surface area contributed by atoms with Crippen LogP contribution in [0.1, 0.15) is 12.5 Å². The van der Waals surface area contributed by atoms with Crippen LogP contribution in [0.5, 0.6) is 5.75 Å². The van der Waals surface area contributed by atoms with Crippen LogP contribution in [-0.2, 0) is 16.1 Å². The number of pyridine rings is 1. The fraction of sp³-hybridized carbons (Fsp3) is 0.381. The first-order valence-electron chi connectivity index (χ1n) is 9.56. The number of aromatic nitrogens is 3. The molecule has 1 aliphatic heterocycles. The van der Waals surface area contributed by atoms with E-state index in [0.29, 0.717) is 32.1 Å². The molecule has 3 aromatic rings. The summed E-state index contributed by atoms with van der Waals surface area (Å²) in [5.41, 5.74) is 3.85. The minimum atomic E-state index is -0.0202. The van der Waals surface area contributed by atoms with Gasteiger partial charge in [0.25, 0.3) is 5.91 Å². The molecule has 0 atom stereocenters. The summed E-state index contributed by atoms with van der Waals surface area (Å²) in [7, 11) is 0. The molecule has 7 nitrogen and oxygen atoms in total. The monoisotopic (exact) mass is 380 g/mol. The number of benzene rings is 1. The Morgan fingerprint density at radius 2 is 2.07 bits per heavy atom. The molecule has 1 fully saturated rings. The minimum Gasteiger partial charge on any atom is -0.484 e. The molecule has 0 spiro atoms. The molecule has 7 heteroatoms.